The van der Waals surface area contributed by atoms with Crippen LogP contribution in [0.2, 0.25) is 0 Å². The molecule has 0 aliphatic rings. The van der Waals surface area contributed by atoms with E-state index in [1.165, 1.54) is 18.4 Å². The highest BCUT2D eigenvalue weighted by Crippen LogP contribution is 2.29. The van der Waals surface area contributed by atoms with E-state index in [4.69, 9.17) is 9.47 Å². The molecule has 0 amide bonds. The number of carbonyl (C=O) groups is 1. The normalized spacial score (nSPS) is 10.7. The van der Waals surface area contributed by atoms with Crippen LogP contribution in [0.5, 0.6) is 0 Å². The van der Waals surface area contributed by atoms with Crippen molar-refractivity contribution in [3.8, 4) is 0 Å². The first-order valence-electron chi connectivity index (χ1n) is 4.38. The summed E-state index contributed by atoms with van der Waals surface area (Å²) in [6.07, 6.45) is -0.424. The molecule has 5 heteroatoms. The molecule has 0 fully saturated rings. The van der Waals surface area contributed by atoms with Crippen LogP contribution in [-0.2, 0) is 14.2 Å². The van der Waals surface area contributed by atoms with Crippen molar-refractivity contribution < 1.29 is 19.0 Å². The molecule has 84 valence electrons. The number of hydrogen-bond donors (Lipinski definition) is 0. The molecule has 0 unspecified atom stereocenters. The second-order valence-corrected chi connectivity index (χ2v) is 4.04. The van der Waals surface area contributed by atoms with E-state index in [0.29, 0.717) is 4.88 Å². The van der Waals surface area contributed by atoms with Crippen LogP contribution in [0.15, 0.2) is 6.07 Å². The van der Waals surface area contributed by atoms with Crippen LogP contribution >= 0.6 is 11.3 Å². The number of thiophene rings is 1. The molecule has 1 heterocycles. The van der Waals surface area contributed by atoms with Gasteiger partial charge in [0.25, 0.3) is 0 Å². The summed E-state index contributed by atoms with van der Waals surface area (Å²) in [6.45, 7) is 1.86. The average molecular weight is 230 g/mol. The molecule has 0 saturated carbocycles. The fraction of sp³-hybridized carbons (Fsp3) is 0.500. The fourth-order valence-corrected chi connectivity index (χ4v) is 2.39. The van der Waals surface area contributed by atoms with Crippen molar-refractivity contribution in [2.75, 3.05) is 21.3 Å². The Morgan fingerprint density at radius 1 is 1.33 bits per heavy atom. The lowest BCUT2D eigenvalue weighted by molar-refractivity contribution is -0.103. The highest BCUT2D eigenvalue weighted by molar-refractivity contribution is 7.14. The fourth-order valence-electron chi connectivity index (χ4n) is 1.25. The smallest absolute Gasteiger partial charge is 0.348 e. The summed E-state index contributed by atoms with van der Waals surface area (Å²) in [5.41, 5.74) is 0.876. The topological polar surface area (TPSA) is 44.8 Å². The molecule has 0 aliphatic carbocycles. The SMILES string of the molecule is COC(=O)c1sc(C(OC)OC)cc1C. The quantitative estimate of drug-likeness (QED) is 0.587. The standard InChI is InChI=1S/C10H14O4S/c1-6-5-7(10(13-3)14-4)15-8(6)9(11)12-2/h5,10H,1-4H3. The Balaban J connectivity index is 2.99. The predicted octanol–water partition coefficient (Wildman–Crippen LogP) is 2.13. The van der Waals surface area contributed by atoms with Gasteiger partial charge < -0.3 is 14.2 Å². The number of carbonyl (C=O) groups excluding carboxylic acids is 1. The van der Waals surface area contributed by atoms with Crippen LogP contribution < -0.4 is 0 Å². The molecule has 0 N–H and O–H groups in total. The highest BCUT2D eigenvalue weighted by Gasteiger charge is 2.18. The van der Waals surface area contributed by atoms with Crippen LogP contribution in [0.3, 0.4) is 0 Å². The summed E-state index contributed by atoms with van der Waals surface area (Å²) in [5.74, 6) is -0.324. The maximum absolute atomic E-state index is 11.4. The molecule has 0 spiro atoms. The number of ether oxygens (including phenoxy) is 3. The van der Waals surface area contributed by atoms with Gasteiger partial charge in [-0.15, -0.1) is 11.3 Å². The lowest BCUT2D eigenvalue weighted by atomic mass is 10.2. The van der Waals surface area contributed by atoms with Crippen molar-refractivity contribution in [3.05, 3.63) is 21.4 Å². The first-order chi connectivity index (χ1) is 7.13. The molecular weight excluding hydrogens is 216 g/mol. The van der Waals surface area contributed by atoms with Gasteiger partial charge in [0.1, 0.15) is 4.88 Å². The van der Waals surface area contributed by atoms with Crippen molar-refractivity contribution in [3.63, 3.8) is 0 Å². The van der Waals surface area contributed by atoms with E-state index < -0.39 is 6.29 Å². The molecular formula is C10H14O4S. The van der Waals surface area contributed by atoms with Gasteiger partial charge in [-0.05, 0) is 18.6 Å². The van der Waals surface area contributed by atoms with Crippen LogP contribution in [0, 0.1) is 6.92 Å². The summed E-state index contributed by atoms with van der Waals surface area (Å²) < 4.78 is 14.9. The lowest BCUT2D eigenvalue weighted by Crippen LogP contribution is -2.01. The van der Waals surface area contributed by atoms with E-state index in [1.807, 2.05) is 13.0 Å². The zero-order valence-corrected chi connectivity index (χ0v) is 10.0. The first kappa shape index (κ1) is 12.2. The summed E-state index contributed by atoms with van der Waals surface area (Å²) in [6, 6.07) is 1.87. The Kier molecular flexibility index (Phi) is 4.26. The molecule has 1 rings (SSSR count). The van der Waals surface area contributed by atoms with Gasteiger partial charge in [0.05, 0.1) is 12.0 Å². The Morgan fingerprint density at radius 3 is 2.40 bits per heavy atom. The molecule has 0 radical (unpaired) electrons. The van der Waals surface area contributed by atoms with E-state index >= 15 is 0 Å². The molecule has 0 aromatic carbocycles. The van der Waals surface area contributed by atoms with Gasteiger partial charge in [-0.2, -0.15) is 0 Å². The third kappa shape index (κ3) is 2.56. The zero-order valence-electron chi connectivity index (χ0n) is 9.20. The minimum Gasteiger partial charge on any atom is -0.465 e. The van der Waals surface area contributed by atoms with E-state index in [2.05, 4.69) is 4.74 Å². The Hall–Kier alpha value is -0.910. The van der Waals surface area contributed by atoms with Crippen molar-refractivity contribution in [1.82, 2.24) is 0 Å². The summed E-state index contributed by atoms with van der Waals surface area (Å²) in [5, 5.41) is 0. The monoisotopic (exact) mass is 230 g/mol. The summed E-state index contributed by atoms with van der Waals surface area (Å²) >= 11 is 1.32. The molecule has 1 aromatic rings. The number of methoxy groups -OCH3 is 3. The van der Waals surface area contributed by atoms with E-state index in [9.17, 15) is 4.79 Å². The molecule has 0 saturated heterocycles. The minimum absolute atomic E-state index is 0.324. The summed E-state index contributed by atoms with van der Waals surface area (Å²) in [4.78, 5) is 12.8. The van der Waals surface area contributed by atoms with Gasteiger partial charge in [0, 0.05) is 14.2 Å². The molecule has 15 heavy (non-hydrogen) atoms. The molecule has 0 atom stereocenters. The first-order valence-corrected chi connectivity index (χ1v) is 5.20. The van der Waals surface area contributed by atoms with Gasteiger partial charge in [-0.1, -0.05) is 0 Å². The second-order valence-electron chi connectivity index (χ2n) is 2.96. The van der Waals surface area contributed by atoms with Gasteiger partial charge in [0.15, 0.2) is 6.29 Å². The molecule has 4 nitrogen and oxygen atoms in total. The van der Waals surface area contributed by atoms with Gasteiger partial charge >= 0.3 is 5.97 Å². The van der Waals surface area contributed by atoms with Gasteiger partial charge in [0.2, 0.25) is 0 Å². The van der Waals surface area contributed by atoms with Crippen molar-refractivity contribution >= 4 is 17.3 Å². The third-order valence-electron chi connectivity index (χ3n) is 1.97. The predicted molar refractivity (Wildman–Crippen MR) is 57.2 cm³/mol. The third-order valence-corrected chi connectivity index (χ3v) is 3.21. The minimum atomic E-state index is -0.424. The maximum atomic E-state index is 11.4. The Bertz CT molecular complexity index is 341. The number of aryl methyl sites for hydroxylation is 1. The Labute approximate surface area is 92.8 Å². The zero-order chi connectivity index (χ0) is 11.4. The van der Waals surface area contributed by atoms with Crippen molar-refractivity contribution in [2.45, 2.75) is 13.2 Å². The average Bonchev–Trinajstić information content (AvgIpc) is 2.61. The largest absolute Gasteiger partial charge is 0.465 e. The second kappa shape index (κ2) is 5.25. The molecule has 0 aliphatic heterocycles. The van der Waals surface area contributed by atoms with Crippen LogP contribution in [0.1, 0.15) is 26.4 Å². The van der Waals surface area contributed by atoms with E-state index in [0.717, 1.165) is 10.4 Å². The van der Waals surface area contributed by atoms with E-state index in [1.54, 1.807) is 14.2 Å². The molecule has 0 bridgehead atoms. The molecule has 1 aromatic heterocycles. The van der Waals surface area contributed by atoms with Crippen molar-refractivity contribution in [2.24, 2.45) is 0 Å². The number of hydrogen-bond acceptors (Lipinski definition) is 5. The lowest BCUT2D eigenvalue weighted by Gasteiger charge is -2.10. The number of rotatable bonds is 4. The van der Waals surface area contributed by atoms with Gasteiger partial charge in [-0.25, -0.2) is 4.79 Å². The van der Waals surface area contributed by atoms with Crippen molar-refractivity contribution in [1.29, 1.82) is 0 Å². The summed E-state index contributed by atoms with van der Waals surface area (Å²) in [7, 11) is 4.48. The van der Waals surface area contributed by atoms with Crippen LogP contribution in [0.25, 0.3) is 0 Å². The Morgan fingerprint density at radius 2 is 1.93 bits per heavy atom. The number of esters is 1. The maximum Gasteiger partial charge on any atom is 0.348 e. The van der Waals surface area contributed by atoms with Gasteiger partial charge in [-0.3, -0.25) is 0 Å². The van der Waals surface area contributed by atoms with E-state index in [-0.39, 0.29) is 5.97 Å². The van der Waals surface area contributed by atoms with Crippen LogP contribution in [-0.4, -0.2) is 27.3 Å². The van der Waals surface area contributed by atoms with Crippen LogP contribution in [0.4, 0.5) is 0 Å². The highest BCUT2D eigenvalue weighted by atomic mass is 32.1.